The Kier molecular flexibility index (Phi) is 3.99. The molecule has 4 nitrogen and oxygen atoms in total. The van der Waals surface area contributed by atoms with Gasteiger partial charge in [0.25, 0.3) is 5.91 Å². The summed E-state index contributed by atoms with van der Waals surface area (Å²) in [6, 6.07) is 11.3. The Morgan fingerprint density at radius 1 is 1.39 bits per heavy atom. The van der Waals surface area contributed by atoms with Crippen molar-refractivity contribution in [3.8, 4) is 0 Å². The van der Waals surface area contributed by atoms with Crippen LogP contribution in [0.1, 0.15) is 21.4 Å². The highest BCUT2D eigenvalue weighted by atomic mass is 35.5. The predicted molar refractivity (Wildman–Crippen MR) is 70.6 cm³/mol. The van der Waals surface area contributed by atoms with Crippen molar-refractivity contribution in [2.24, 2.45) is 7.05 Å². The molecule has 0 spiro atoms. The molecule has 0 bridgehead atoms. The van der Waals surface area contributed by atoms with Crippen molar-refractivity contribution in [2.45, 2.75) is 5.38 Å². The standard InChI is InChI=1S/C13H14ClN3O/c1-17-8-7-12(16-17)13(18)15-9-11(14)10-5-3-2-4-6-10/h2-8,11H,9H2,1H3,(H,15,18). The van der Waals surface area contributed by atoms with E-state index in [1.54, 1.807) is 24.0 Å². The molecule has 0 saturated heterocycles. The molecule has 94 valence electrons. The fourth-order valence-corrected chi connectivity index (χ4v) is 1.81. The average Bonchev–Trinajstić information content (AvgIpc) is 2.83. The van der Waals surface area contributed by atoms with E-state index in [4.69, 9.17) is 11.6 Å². The van der Waals surface area contributed by atoms with Crippen molar-refractivity contribution in [3.63, 3.8) is 0 Å². The monoisotopic (exact) mass is 263 g/mol. The van der Waals surface area contributed by atoms with Crippen LogP contribution >= 0.6 is 11.6 Å². The molecule has 1 atom stereocenters. The van der Waals surface area contributed by atoms with Gasteiger partial charge in [-0.25, -0.2) is 0 Å². The summed E-state index contributed by atoms with van der Waals surface area (Å²) in [5, 5.41) is 6.55. The minimum Gasteiger partial charge on any atom is -0.349 e. The lowest BCUT2D eigenvalue weighted by Gasteiger charge is -2.10. The van der Waals surface area contributed by atoms with Gasteiger partial charge in [-0.05, 0) is 11.6 Å². The summed E-state index contributed by atoms with van der Waals surface area (Å²) in [5.41, 5.74) is 1.38. The predicted octanol–water partition coefficient (Wildman–Crippen LogP) is 2.13. The highest BCUT2D eigenvalue weighted by molar-refractivity contribution is 6.21. The molecule has 1 amide bonds. The third kappa shape index (κ3) is 3.11. The van der Waals surface area contributed by atoms with Crippen LogP contribution in [-0.4, -0.2) is 22.2 Å². The maximum atomic E-state index is 11.7. The summed E-state index contributed by atoms with van der Waals surface area (Å²) < 4.78 is 1.59. The normalized spacial score (nSPS) is 12.1. The average molecular weight is 264 g/mol. The summed E-state index contributed by atoms with van der Waals surface area (Å²) in [7, 11) is 1.77. The van der Waals surface area contributed by atoms with E-state index in [1.807, 2.05) is 30.3 Å². The molecular formula is C13H14ClN3O. The van der Waals surface area contributed by atoms with Gasteiger partial charge in [0.05, 0.1) is 5.38 Å². The number of carbonyl (C=O) groups excluding carboxylic acids is 1. The van der Waals surface area contributed by atoms with Gasteiger partial charge in [-0.15, -0.1) is 11.6 Å². The van der Waals surface area contributed by atoms with Gasteiger partial charge < -0.3 is 5.32 Å². The van der Waals surface area contributed by atoms with Crippen molar-refractivity contribution >= 4 is 17.5 Å². The van der Waals surface area contributed by atoms with E-state index in [2.05, 4.69) is 10.4 Å². The molecule has 1 N–H and O–H groups in total. The lowest BCUT2D eigenvalue weighted by atomic mass is 10.1. The van der Waals surface area contributed by atoms with Crippen LogP contribution in [-0.2, 0) is 7.05 Å². The molecule has 0 radical (unpaired) electrons. The number of nitrogens with zero attached hydrogens (tertiary/aromatic N) is 2. The lowest BCUT2D eigenvalue weighted by molar-refractivity contribution is 0.0948. The van der Waals surface area contributed by atoms with Gasteiger partial charge in [-0.2, -0.15) is 5.10 Å². The molecule has 1 heterocycles. The number of nitrogens with one attached hydrogen (secondary N) is 1. The molecule has 1 aromatic heterocycles. The third-order valence-corrected chi connectivity index (χ3v) is 2.96. The van der Waals surface area contributed by atoms with Crippen molar-refractivity contribution in [2.75, 3.05) is 6.54 Å². The Balaban J connectivity index is 1.90. The highest BCUT2D eigenvalue weighted by Crippen LogP contribution is 2.18. The van der Waals surface area contributed by atoms with Crippen LogP contribution in [0.15, 0.2) is 42.6 Å². The second-order valence-corrected chi connectivity index (χ2v) is 4.49. The molecule has 0 aliphatic heterocycles. The molecule has 0 aliphatic rings. The molecule has 1 unspecified atom stereocenters. The summed E-state index contributed by atoms with van der Waals surface area (Å²) in [4.78, 5) is 11.7. The first kappa shape index (κ1) is 12.6. The third-order valence-electron chi connectivity index (χ3n) is 2.55. The Morgan fingerprint density at radius 2 is 2.11 bits per heavy atom. The molecule has 0 aliphatic carbocycles. The molecular weight excluding hydrogens is 250 g/mol. The molecule has 1 aromatic carbocycles. The fourth-order valence-electron chi connectivity index (χ4n) is 1.59. The van der Waals surface area contributed by atoms with E-state index >= 15 is 0 Å². The summed E-state index contributed by atoms with van der Waals surface area (Å²) in [6.07, 6.45) is 1.73. The van der Waals surface area contributed by atoms with Crippen molar-refractivity contribution in [1.82, 2.24) is 15.1 Å². The van der Waals surface area contributed by atoms with Crippen LogP contribution < -0.4 is 5.32 Å². The number of aryl methyl sites for hydroxylation is 1. The van der Waals surface area contributed by atoms with Crippen LogP contribution in [0, 0.1) is 0 Å². The number of rotatable bonds is 4. The lowest BCUT2D eigenvalue weighted by Crippen LogP contribution is -2.27. The number of hydrogen-bond acceptors (Lipinski definition) is 2. The van der Waals surface area contributed by atoms with Crippen molar-refractivity contribution < 1.29 is 4.79 Å². The van der Waals surface area contributed by atoms with Gasteiger partial charge in [-0.1, -0.05) is 30.3 Å². The quantitative estimate of drug-likeness (QED) is 0.859. The zero-order valence-corrected chi connectivity index (χ0v) is 10.8. The molecule has 5 heteroatoms. The summed E-state index contributed by atoms with van der Waals surface area (Å²) in [5.74, 6) is -0.211. The number of amides is 1. The van der Waals surface area contributed by atoms with Crippen LogP contribution in [0.2, 0.25) is 0 Å². The number of halogens is 1. The first-order valence-electron chi connectivity index (χ1n) is 5.63. The van der Waals surface area contributed by atoms with E-state index in [1.165, 1.54) is 0 Å². The largest absolute Gasteiger partial charge is 0.349 e. The van der Waals surface area contributed by atoms with Crippen LogP contribution in [0.3, 0.4) is 0 Å². The minimum absolute atomic E-state index is 0.211. The Labute approximate surface area is 111 Å². The van der Waals surface area contributed by atoms with Gasteiger partial charge in [0, 0.05) is 19.8 Å². The SMILES string of the molecule is Cn1ccc(C(=O)NCC(Cl)c2ccccc2)n1. The van der Waals surface area contributed by atoms with Crippen LogP contribution in [0.5, 0.6) is 0 Å². The first-order chi connectivity index (χ1) is 8.66. The highest BCUT2D eigenvalue weighted by Gasteiger charge is 2.12. The number of benzene rings is 1. The second kappa shape index (κ2) is 5.69. The molecule has 2 rings (SSSR count). The van der Waals surface area contributed by atoms with E-state index in [0.717, 1.165) is 5.56 Å². The number of alkyl halides is 1. The topological polar surface area (TPSA) is 46.9 Å². The van der Waals surface area contributed by atoms with Crippen molar-refractivity contribution in [3.05, 3.63) is 53.9 Å². The van der Waals surface area contributed by atoms with E-state index in [-0.39, 0.29) is 11.3 Å². The molecule has 18 heavy (non-hydrogen) atoms. The number of aromatic nitrogens is 2. The van der Waals surface area contributed by atoms with Crippen LogP contribution in [0.25, 0.3) is 0 Å². The summed E-state index contributed by atoms with van der Waals surface area (Å²) >= 11 is 6.20. The smallest absolute Gasteiger partial charge is 0.271 e. The van der Waals surface area contributed by atoms with E-state index < -0.39 is 0 Å². The molecule has 0 saturated carbocycles. The second-order valence-electron chi connectivity index (χ2n) is 3.96. The van der Waals surface area contributed by atoms with Gasteiger partial charge in [0.15, 0.2) is 0 Å². The number of carbonyl (C=O) groups is 1. The number of hydrogen-bond donors (Lipinski definition) is 1. The van der Waals surface area contributed by atoms with Gasteiger partial charge >= 0.3 is 0 Å². The molecule has 0 fully saturated rings. The van der Waals surface area contributed by atoms with Gasteiger partial charge in [0.2, 0.25) is 0 Å². The summed E-state index contributed by atoms with van der Waals surface area (Å²) in [6.45, 7) is 0.376. The van der Waals surface area contributed by atoms with E-state index in [9.17, 15) is 4.79 Å². The zero-order chi connectivity index (χ0) is 13.0. The molecule has 2 aromatic rings. The van der Waals surface area contributed by atoms with Gasteiger partial charge in [-0.3, -0.25) is 9.48 Å². The Bertz CT molecular complexity index is 524. The minimum atomic E-state index is -0.237. The van der Waals surface area contributed by atoms with E-state index in [0.29, 0.717) is 12.2 Å². The Hall–Kier alpha value is -1.81. The van der Waals surface area contributed by atoms with Crippen LogP contribution in [0.4, 0.5) is 0 Å². The van der Waals surface area contributed by atoms with Crippen molar-refractivity contribution in [1.29, 1.82) is 0 Å². The zero-order valence-electron chi connectivity index (χ0n) is 10.0. The van der Waals surface area contributed by atoms with Gasteiger partial charge in [0.1, 0.15) is 5.69 Å². The maximum Gasteiger partial charge on any atom is 0.271 e. The fraction of sp³-hybridized carbons (Fsp3) is 0.231. The Morgan fingerprint density at radius 3 is 2.72 bits per heavy atom. The first-order valence-corrected chi connectivity index (χ1v) is 6.07. The maximum absolute atomic E-state index is 11.7.